The minimum atomic E-state index is -0.593. The zero-order chi connectivity index (χ0) is 23.1. The molecule has 6 nitrogen and oxygen atoms in total. The molecule has 2 aromatic rings. The SMILES string of the molecule is Cc1ccc(C)c(N2C(=O)CC(N3CCNC3=C3CCC(=Cc4ccccc4)C3=O)C2=O)c1. The van der Waals surface area contributed by atoms with Crippen molar-refractivity contribution in [2.24, 2.45) is 0 Å². The molecular weight excluding hydrogens is 414 g/mol. The summed E-state index contributed by atoms with van der Waals surface area (Å²) >= 11 is 0. The molecule has 1 saturated carbocycles. The number of anilines is 1. The van der Waals surface area contributed by atoms with E-state index >= 15 is 0 Å². The molecule has 1 N–H and O–H groups in total. The van der Waals surface area contributed by atoms with E-state index in [0.717, 1.165) is 22.3 Å². The number of Topliss-reactive ketones (excluding diaryl/α,β-unsaturated/α-hetero) is 1. The van der Waals surface area contributed by atoms with Gasteiger partial charge in [0.1, 0.15) is 11.9 Å². The van der Waals surface area contributed by atoms with Crippen LogP contribution in [0, 0.1) is 13.8 Å². The Morgan fingerprint density at radius 3 is 2.58 bits per heavy atom. The van der Waals surface area contributed by atoms with Crippen molar-refractivity contribution in [2.75, 3.05) is 18.0 Å². The number of allylic oxidation sites excluding steroid dienone is 2. The molecule has 0 radical (unpaired) electrons. The first-order valence-corrected chi connectivity index (χ1v) is 11.4. The Morgan fingerprint density at radius 1 is 1.00 bits per heavy atom. The predicted molar refractivity (Wildman–Crippen MR) is 127 cm³/mol. The van der Waals surface area contributed by atoms with Crippen molar-refractivity contribution in [3.05, 3.63) is 82.2 Å². The second-order valence-electron chi connectivity index (χ2n) is 8.93. The van der Waals surface area contributed by atoms with Crippen LogP contribution >= 0.6 is 0 Å². The second-order valence-corrected chi connectivity index (χ2v) is 8.93. The van der Waals surface area contributed by atoms with Gasteiger partial charge in [-0.25, -0.2) is 4.90 Å². The lowest BCUT2D eigenvalue weighted by molar-refractivity contribution is -0.122. The fourth-order valence-corrected chi connectivity index (χ4v) is 4.97. The highest BCUT2D eigenvalue weighted by atomic mass is 16.2. The Kier molecular flexibility index (Phi) is 5.36. The molecule has 33 heavy (non-hydrogen) atoms. The number of rotatable bonds is 3. The predicted octanol–water partition coefficient (Wildman–Crippen LogP) is 3.50. The van der Waals surface area contributed by atoms with E-state index in [2.05, 4.69) is 5.32 Å². The number of aryl methyl sites for hydroxylation is 2. The summed E-state index contributed by atoms with van der Waals surface area (Å²) in [5.41, 5.74) is 5.04. The van der Waals surface area contributed by atoms with Crippen LogP contribution in [0.2, 0.25) is 0 Å². The number of amides is 2. The minimum absolute atomic E-state index is 0.0245. The summed E-state index contributed by atoms with van der Waals surface area (Å²) in [4.78, 5) is 42.8. The van der Waals surface area contributed by atoms with Crippen LogP contribution in [0.15, 0.2) is 65.5 Å². The summed E-state index contributed by atoms with van der Waals surface area (Å²) in [6.07, 6.45) is 3.37. The van der Waals surface area contributed by atoms with Gasteiger partial charge in [0.2, 0.25) is 5.91 Å². The average molecular weight is 442 g/mol. The summed E-state index contributed by atoms with van der Waals surface area (Å²) < 4.78 is 0. The molecule has 2 saturated heterocycles. The van der Waals surface area contributed by atoms with Gasteiger partial charge in [0.05, 0.1) is 12.1 Å². The van der Waals surface area contributed by atoms with E-state index in [1.807, 2.05) is 73.4 Å². The van der Waals surface area contributed by atoms with Crippen LogP contribution in [0.5, 0.6) is 0 Å². The van der Waals surface area contributed by atoms with Gasteiger partial charge in [-0.15, -0.1) is 0 Å². The lowest BCUT2D eigenvalue weighted by Gasteiger charge is -2.26. The van der Waals surface area contributed by atoms with E-state index in [4.69, 9.17) is 0 Å². The summed E-state index contributed by atoms with van der Waals surface area (Å²) in [6, 6.07) is 15.0. The quantitative estimate of drug-likeness (QED) is 0.583. The molecule has 5 rings (SSSR count). The van der Waals surface area contributed by atoms with Gasteiger partial charge < -0.3 is 10.2 Å². The van der Waals surface area contributed by atoms with Crippen molar-refractivity contribution in [3.63, 3.8) is 0 Å². The van der Waals surface area contributed by atoms with E-state index in [1.54, 1.807) is 0 Å². The maximum Gasteiger partial charge on any atom is 0.257 e. The molecule has 3 aliphatic rings. The number of carbonyl (C=O) groups is 3. The number of benzene rings is 2. The normalized spacial score (nSPS) is 24.4. The Morgan fingerprint density at radius 2 is 1.79 bits per heavy atom. The van der Waals surface area contributed by atoms with Gasteiger partial charge >= 0.3 is 0 Å². The number of nitrogens with zero attached hydrogens (tertiary/aromatic N) is 2. The number of ketones is 1. The molecule has 2 amide bonds. The number of carbonyl (C=O) groups excluding carboxylic acids is 3. The molecule has 2 aliphatic heterocycles. The molecule has 0 spiro atoms. The van der Waals surface area contributed by atoms with Crippen molar-refractivity contribution in [1.82, 2.24) is 10.2 Å². The van der Waals surface area contributed by atoms with Gasteiger partial charge in [-0.1, -0.05) is 42.5 Å². The summed E-state index contributed by atoms with van der Waals surface area (Å²) in [7, 11) is 0. The Bertz CT molecular complexity index is 1210. The van der Waals surface area contributed by atoms with Crippen LogP contribution in [-0.4, -0.2) is 41.6 Å². The smallest absolute Gasteiger partial charge is 0.257 e. The molecule has 2 heterocycles. The third kappa shape index (κ3) is 3.75. The number of hydrogen-bond acceptors (Lipinski definition) is 5. The van der Waals surface area contributed by atoms with Crippen LogP contribution in [0.25, 0.3) is 6.08 Å². The summed E-state index contributed by atoms with van der Waals surface area (Å²) in [6.45, 7) is 5.09. The third-order valence-corrected chi connectivity index (χ3v) is 6.67. The highest BCUT2D eigenvalue weighted by molar-refractivity contribution is 6.23. The molecule has 1 atom stereocenters. The van der Waals surface area contributed by atoms with E-state index < -0.39 is 6.04 Å². The molecular formula is C27H27N3O3. The van der Waals surface area contributed by atoms with Crippen molar-refractivity contribution >= 4 is 29.4 Å². The summed E-state index contributed by atoms with van der Waals surface area (Å²) in [5.74, 6) is 0.320. The molecule has 6 heteroatoms. The van der Waals surface area contributed by atoms with Crippen molar-refractivity contribution < 1.29 is 14.4 Å². The van der Waals surface area contributed by atoms with Crippen LogP contribution in [-0.2, 0) is 14.4 Å². The summed E-state index contributed by atoms with van der Waals surface area (Å²) in [5, 5.41) is 3.33. The monoisotopic (exact) mass is 441 g/mol. The van der Waals surface area contributed by atoms with Crippen LogP contribution < -0.4 is 10.2 Å². The molecule has 1 unspecified atom stereocenters. The highest BCUT2D eigenvalue weighted by Crippen LogP contribution is 2.35. The standard InChI is InChI=1S/C27H27N3O3/c1-17-8-9-18(2)22(14-17)30-24(31)16-23(27(30)33)29-13-12-28-26(29)21-11-10-20(25(21)32)15-19-6-4-3-5-7-19/h3-9,14-15,23,28H,10-13,16H2,1-2H3. The van der Waals surface area contributed by atoms with E-state index in [9.17, 15) is 14.4 Å². The molecule has 0 aromatic heterocycles. The molecule has 1 aliphatic carbocycles. The fraction of sp³-hybridized carbons (Fsp3) is 0.296. The van der Waals surface area contributed by atoms with Gasteiger partial charge in [0.15, 0.2) is 5.78 Å². The van der Waals surface area contributed by atoms with E-state index in [-0.39, 0.29) is 24.0 Å². The van der Waals surface area contributed by atoms with Gasteiger partial charge in [-0.05, 0) is 55.5 Å². The zero-order valence-electron chi connectivity index (χ0n) is 18.9. The molecule has 168 valence electrons. The van der Waals surface area contributed by atoms with Crippen molar-refractivity contribution in [1.29, 1.82) is 0 Å². The molecule has 2 aromatic carbocycles. The van der Waals surface area contributed by atoms with Gasteiger partial charge in [0.25, 0.3) is 5.91 Å². The fourth-order valence-electron chi connectivity index (χ4n) is 4.97. The van der Waals surface area contributed by atoms with Crippen LogP contribution in [0.4, 0.5) is 5.69 Å². The van der Waals surface area contributed by atoms with E-state index in [0.29, 0.717) is 43.0 Å². The maximum absolute atomic E-state index is 13.4. The Hall–Kier alpha value is -3.67. The Labute approximate surface area is 193 Å². The number of hydrogen-bond donors (Lipinski definition) is 1. The van der Waals surface area contributed by atoms with Crippen molar-refractivity contribution in [3.8, 4) is 0 Å². The first-order chi connectivity index (χ1) is 15.9. The van der Waals surface area contributed by atoms with Gasteiger partial charge in [-0.2, -0.15) is 0 Å². The van der Waals surface area contributed by atoms with Crippen LogP contribution in [0.3, 0.4) is 0 Å². The van der Waals surface area contributed by atoms with Crippen LogP contribution in [0.1, 0.15) is 36.0 Å². The first kappa shape index (κ1) is 21.2. The molecule has 3 fully saturated rings. The van der Waals surface area contributed by atoms with E-state index in [1.165, 1.54) is 4.90 Å². The maximum atomic E-state index is 13.4. The first-order valence-electron chi connectivity index (χ1n) is 11.4. The highest BCUT2D eigenvalue weighted by Gasteiger charge is 2.46. The molecule has 0 bridgehead atoms. The lowest BCUT2D eigenvalue weighted by atomic mass is 10.1. The Balaban J connectivity index is 1.43. The number of nitrogens with one attached hydrogen (secondary N) is 1. The van der Waals surface area contributed by atoms with Crippen molar-refractivity contribution in [2.45, 2.75) is 39.2 Å². The largest absolute Gasteiger partial charge is 0.370 e. The topological polar surface area (TPSA) is 69.7 Å². The van der Waals surface area contributed by atoms with Gasteiger partial charge in [0, 0.05) is 24.2 Å². The second kappa shape index (κ2) is 8.35. The zero-order valence-corrected chi connectivity index (χ0v) is 18.9. The van der Waals surface area contributed by atoms with Gasteiger partial charge in [-0.3, -0.25) is 14.4 Å². The average Bonchev–Trinajstić information content (AvgIpc) is 3.49. The number of imide groups is 1. The lowest BCUT2D eigenvalue weighted by Crippen LogP contribution is -2.41. The minimum Gasteiger partial charge on any atom is -0.370 e. The third-order valence-electron chi connectivity index (χ3n) is 6.67.